The zero-order chi connectivity index (χ0) is 26.9. The lowest BCUT2D eigenvalue weighted by atomic mass is 9.64. The van der Waals surface area contributed by atoms with E-state index in [0.29, 0.717) is 22.3 Å². The van der Waals surface area contributed by atoms with Gasteiger partial charge in [-0.25, -0.2) is 4.39 Å². The van der Waals surface area contributed by atoms with Gasteiger partial charge in [0.15, 0.2) is 17.3 Å². The minimum absolute atomic E-state index is 0.272. The lowest BCUT2D eigenvalue weighted by Gasteiger charge is -2.37. The highest BCUT2D eigenvalue weighted by atomic mass is 79.9. The van der Waals surface area contributed by atoms with E-state index in [1.54, 1.807) is 24.3 Å². The van der Waals surface area contributed by atoms with Crippen molar-refractivity contribution in [1.82, 2.24) is 0 Å². The van der Waals surface area contributed by atoms with Gasteiger partial charge in [0.1, 0.15) is 17.3 Å². The van der Waals surface area contributed by atoms with Crippen molar-refractivity contribution in [1.29, 1.82) is 0 Å². The summed E-state index contributed by atoms with van der Waals surface area (Å²) in [5.74, 6) is -2.06. The summed E-state index contributed by atoms with van der Waals surface area (Å²) >= 11 is 3.49. The van der Waals surface area contributed by atoms with Gasteiger partial charge < -0.3 is 4.90 Å². The highest BCUT2D eigenvalue weighted by Crippen LogP contribution is 2.61. The highest BCUT2D eigenvalue weighted by Gasteiger charge is 2.71. The summed E-state index contributed by atoms with van der Waals surface area (Å²) in [5.41, 5.74) is 1.92. The van der Waals surface area contributed by atoms with E-state index in [-0.39, 0.29) is 17.3 Å². The zero-order valence-electron chi connectivity index (χ0n) is 20.6. The number of fused-ring (bicyclic) bond motifs is 5. The third kappa shape index (κ3) is 3.24. The predicted molar refractivity (Wildman–Crippen MR) is 151 cm³/mol. The maximum atomic E-state index is 14.5. The normalized spacial score (nSPS) is 22.1. The van der Waals surface area contributed by atoms with Crippen LogP contribution in [0.1, 0.15) is 48.1 Å². The van der Waals surface area contributed by atoms with Crippen LogP contribution >= 0.6 is 15.9 Å². The van der Waals surface area contributed by atoms with Gasteiger partial charge in [-0.15, -0.1) is 0 Å². The molecule has 4 aromatic carbocycles. The molecule has 190 valence electrons. The minimum Gasteiger partial charge on any atom is -0.352 e. The number of carbonyl (C=O) groups is 3. The summed E-state index contributed by atoms with van der Waals surface area (Å²) in [6, 6.07) is 25.9. The Morgan fingerprint density at radius 3 is 2.08 bits per heavy atom. The fourth-order valence-corrected chi connectivity index (χ4v) is 7.01. The van der Waals surface area contributed by atoms with E-state index in [1.165, 1.54) is 24.3 Å². The van der Waals surface area contributed by atoms with E-state index in [0.717, 1.165) is 15.7 Å². The largest absolute Gasteiger partial charge is 0.352 e. The van der Waals surface area contributed by atoms with E-state index in [9.17, 15) is 18.8 Å². The maximum absolute atomic E-state index is 14.5. The molecule has 4 aromatic rings. The standard InChI is InChI=1S/C33H21BrFNO3/c34-22-14-9-20(10-15-22)28-29(30(37)21-11-16-23(35)17-12-21)36-26-8-4-1-5-19(26)13-18-27(36)33(28)31(38)24-6-2-3-7-25(24)32(33)39/h1-18,27-29H/t27-,28+,29-/m1/s1. The molecule has 0 bridgehead atoms. The Morgan fingerprint density at radius 1 is 0.795 bits per heavy atom. The van der Waals surface area contributed by atoms with E-state index in [2.05, 4.69) is 15.9 Å². The second-order valence-corrected chi connectivity index (χ2v) is 11.1. The van der Waals surface area contributed by atoms with Crippen LogP contribution < -0.4 is 4.90 Å². The van der Waals surface area contributed by atoms with E-state index >= 15 is 0 Å². The summed E-state index contributed by atoms with van der Waals surface area (Å²) in [4.78, 5) is 45.5. The van der Waals surface area contributed by atoms with E-state index < -0.39 is 29.2 Å². The molecule has 1 spiro atoms. The van der Waals surface area contributed by atoms with Gasteiger partial charge >= 0.3 is 0 Å². The Kier molecular flexibility index (Phi) is 5.32. The number of hydrogen-bond donors (Lipinski definition) is 0. The molecule has 0 amide bonds. The molecule has 1 aliphatic carbocycles. The average molecular weight is 578 g/mol. The van der Waals surface area contributed by atoms with Gasteiger partial charge in [-0.1, -0.05) is 82.7 Å². The fraction of sp³-hybridized carbons (Fsp3) is 0.121. The van der Waals surface area contributed by atoms with Gasteiger partial charge in [0, 0.05) is 32.8 Å². The second kappa shape index (κ2) is 8.68. The summed E-state index contributed by atoms with van der Waals surface area (Å²) in [6.07, 6.45) is 3.83. The smallest absolute Gasteiger partial charge is 0.185 e. The van der Waals surface area contributed by atoms with E-state index in [1.807, 2.05) is 65.6 Å². The number of Topliss-reactive ketones (excluding diaryl/α,β-unsaturated/α-hetero) is 3. The van der Waals surface area contributed by atoms with Crippen LogP contribution in [0.3, 0.4) is 0 Å². The molecule has 1 fully saturated rings. The molecule has 4 nitrogen and oxygen atoms in total. The lowest BCUT2D eigenvalue weighted by molar-refractivity contribution is 0.0666. The van der Waals surface area contributed by atoms with Crippen molar-refractivity contribution in [2.24, 2.45) is 5.41 Å². The number of rotatable bonds is 3. The minimum atomic E-state index is -1.55. The summed E-state index contributed by atoms with van der Waals surface area (Å²) < 4.78 is 14.7. The monoisotopic (exact) mass is 577 g/mol. The predicted octanol–water partition coefficient (Wildman–Crippen LogP) is 6.90. The Hall–Kier alpha value is -4.16. The first-order valence-electron chi connectivity index (χ1n) is 12.7. The molecule has 7 rings (SSSR count). The van der Waals surface area contributed by atoms with Crippen LogP contribution in [-0.2, 0) is 0 Å². The Bertz CT molecular complexity index is 1670. The number of benzene rings is 4. The van der Waals surface area contributed by atoms with Crippen LogP contribution in [-0.4, -0.2) is 29.4 Å². The van der Waals surface area contributed by atoms with Gasteiger partial charge in [0.2, 0.25) is 0 Å². The lowest BCUT2D eigenvalue weighted by Crippen LogP contribution is -2.48. The maximum Gasteiger partial charge on any atom is 0.185 e. The second-order valence-electron chi connectivity index (χ2n) is 10.2. The Labute approximate surface area is 232 Å². The molecule has 2 heterocycles. The Morgan fingerprint density at radius 2 is 1.41 bits per heavy atom. The molecule has 2 aliphatic heterocycles. The molecule has 0 unspecified atom stereocenters. The topological polar surface area (TPSA) is 54.5 Å². The van der Waals surface area contributed by atoms with Crippen molar-refractivity contribution in [2.75, 3.05) is 4.90 Å². The van der Waals surface area contributed by atoms with Gasteiger partial charge in [-0.2, -0.15) is 0 Å². The first-order chi connectivity index (χ1) is 18.9. The highest BCUT2D eigenvalue weighted by molar-refractivity contribution is 9.10. The molecular weight excluding hydrogens is 557 g/mol. The Balaban J connectivity index is 1.54. The number of carbonyl (C=O) groups excluding carboxylic acids is 3. The van der Waals surface area contributed by atoms with Crippen LogP contribution in [0, 0.1) is 11.2 Å². The van der Waals surface area contributed by atoms with Crippen LogP contribution in [0.4, 0.5) is 10.1 Å². The van der Waals surface area contributed by atoms with Crippen LogP contribution in [0.2, 0.25) is 0 Å². The van der Waals surface area contributed by atoms with Crippen molar-refractivity contribution in [2.45, 2.75) is 18.0 Å². The molecule has 3 atom stereocenters. The molecule has 3 aliphatic rings. The molecule has 1 saturated heterocycles. The number of anilines is 1. The molecule has 39 heavy (non-hydrogen) atoms. The number of nitrogens with zero attached hydrogens (tertiary/aromatic N) is 1. The summed E-state index contributed by atoms with van der Waals surface area (Å²) in [7, 11) is 0. The third-order valence-electron chi connectivity index (χ3n) is 8.34. The van der Waals surface area contributed by atoms with Crippen molar-refractivity contribution in [3.63, 3.8) is 0 Å². The molecule has 0 N–H and O–H groups in total. The van der Waals surface area contributed by atoms with E-state index in [4.69, 9.17) is 0 Å². The first-order valence-corrected chi connectivity index (χ1v) is 13.5. The number of para-hydroxylation sites is 1. The van der Waals surface area contributed by atoms with Crippen LogP contribution in [0.5, 0.6) is 0 Å². The quantitative estimate of drug-likeness (QED) is 0.196. The molecule has 0 aromatic heterocycles. The van der Waals surface area contributed by atoms with Crippen molar-refractivity contribution >= 4 is 45.0 Å². The molecular formula is C33H21BrFNO3. The average Bonchev–Trinajstić information content (AvgIpc) is 3.40. The van der Waals surface area contributed by atoms with Crippen molar-refractivity contribution < 1.29 is 18.8 Å². The summed E-state index contributed by atoms with van der Waals surface area (Å²) in [6.45, 7) is 0. The number of halogens is 2. The summed E-state index contributed by atoms with van der Waals surface area (Å²) in [5, 5.41) is 0. The van der Waals surface area contributed by atoms with Crippen molar-refractivity contribution in [3.05, 3.63) is 141 Å². The zero-order valence-corrected chi connectivity index (χ0v) is 22.1. The molecule has 6 heteroatoms. The number of ketones is 3. The third-order valence-corrected chi connectivity index (χ3v) is 8.87. The van der Waals surface area contributed by atoms with Crippen molar-refractivity contribution in [3.8, 4) is 0 Å². The molecule has 0 saturated carbocycles. The van der Waals surface area contributed by atoms with Crippen LogP contribution in [0.15, 0.2) is 108 Å². The van der Waals surface area contributed by atoms with Gasteiger partial charge in [-0.05, 0) is 53.6 Å². The van der Waals surface area contributed by atoms with Crippen LogP contribution in [0.25, 0.3) is 6.08 Å². The van der Waals surface area contributed by atoms with Gasteiger partial charge in [0.25, 0.3) is 0 Å². The number of hydrogen-bond acceptors (Lipinski definition) is 4. The first kappa shape index (κ1) is 23.9. The van der Waals surface area contributed by atoms with Gasteiger partial charge in [0.05, 0.1) is 6.04 Å². The molecule has 0 radical (unpaired) electrons. The SMILES string of the molecule is O=C(c1ccc(F)cc1)[C@H]1[C@H](c2ccc(Br)cc2)C2(C(=O)c3ccccc3C2=O)[C@H]2C=Cc3ccccc3N12. The van der Waals surface area contributed by atoms with Gasteiger partial charge in [-0.3, -0.25) is 14.4 Å². The fourth-order valence-electron chi connectivity index (χ4n) is 6.75.